The van der Waals surface area contributed by atoms with Crippen molar-refractivity contribution in [2.75, 3.05) is 24.9 Å². The third-order valence-corrected chi connectivity index (χ3v) is 5.29. The van der Waals surface area contributed by atoms with E-state index >= 15 is 0 Å². The standard InChI is InChI=1S/C23H23N5O4/c1-13-18(23(30)27-14-8-5-4-6-9-14)19(15-10-7-11-17(31-2)20(15)32-3)28-22(26-13)16(12-25-28)21(24)29/h4-12,19,26H,1-3H3,(H2,24,29)(H,27,30)/t19-/m0/s1. The molecule has 0 radical (unpaired) electrons. The van der Waals surface area contributed by atoms with Gasteiger partial charge in [0.15, 0.2) is 11.5 Å². The normalized spacial score (nSPS) is 14.9. The number of hydrogen-bond donors (Lipinski definition) is 3. The average molecular weight is 433 g/mol. The number of fused-ring (bicyclic) bond motifs is 1. The molecule has 2 heterocycles. The van der Waals surface area contributed by atoms with E-state index in [9.17, 15) is 9.59 Å². The minimum atomic E-state index is -0.701. The van der Waals surface area contributed by atoms with Gasteiger partial charge >= 0.3 is 0 Å². The number of carbonyl (C=O) groups excluding carboxylic acids is 2. The molecule has 1 aliphatic heterocycles. The Morgan fingerprint density at radius 2 is 1.84 bits per heavy atom. The highest BCUT2D eigenvalue weighted by molar-refractivity contribution is 6.07. The van der Waals surface area contributed by atoms with Gasteiger partial charge < -0.3 is 25.8 Å². The lowest BCUT2D eigenvalue weighted by Crippen LogP contribution is -2.32. The van der Waals surface area contributed by atoms with Crippen molar-refractivity contribution in [3.8, 4) is 11.5 Å². The summed E-state index contributed by atoms with van der Waals surface area (Å²) in [7, 11) is 3.07. The van der Waals surface area contributed by atoms with Gasteiger partial charge in [0.1, 0.15) is 17.4 Å². The third kappa shape index (κ3) is 3.53. The minimum absolute atomic E-state index is 0.221. The smallest absolute Gasteiger partial charge is 0.255 e. The van der Waals surface area contributed by atoms with Gasteiger partial charge in [0.25, 0.3) is 11.8 Å². The molecule has 0 saturated carbocycles. The molecule has 1 aliphatic rings. The summed E-state index contributed by atoms with van der Waals surface area (Å²) in [5.41, 5.74) is 8.02. The molecule has 0 bridgehead atoms. The van der Waals surface area contributed by atoms with Crippen LogP contribution in [-0.4, -0.2) is 35.8 Å². The molecule has 9 nitrogen and oxygen atoms in total. The minimum Gasteiger partial charge on any atom is -0.493 e. The zero-order valence-corrected chi connectivity index (χ0v) is 17.9. The lowest BCUT2D eigenvalue weighted by atomic mass is 9.93. The fourth-order valence-electron chi connectivity index (χ4n) is 3.86. The number of carbonyl (C=O) groups is 2. The van der Waals surface area contributed by atoms with Crippen LogP contribution in [0.4, 0.5) is 11.5 Å². The number of primary amides is 1. The summed E-state index contributed by atoms with van der Waals surface area (Å²) in [6.07, 6.45) is 1.38. The van der Waals surface area contributed by atoms with E-state index in [0.29, 0.717) is 39.8 Å². The van der Waals surface area contributed by atoms with Crippen LogP contribution in [0.3, 0.4) is 0 Å². The first kappa shape index (κ1) is 21.0. The van der Waals surface area contributed by atoms with Crippen molar-refractivity contribution in [3.63, 3.8) is 0 Å². The lowest BCUT2D eigenvalue weighted by Gasteiger charge is -2.31. The Morgan fingerprint density at radius 3 is 2.50 bits per heavy atom. The molecule has 0 saturated heterocycles. The maximum absolute atomic E-state index is 13.5. The second-order valence-corrected chi connectivity index (χ2v) is 7.18. The van der Waals surface area contributed by atoms with Crippen molar-refractivity contribution in [2.45, 2.75) is 13.0 Å². The molecule has 2 aromatic carbocycles. The highest BCUT2D eigenvalue weighted by atomic mass is 16.5. The molecule has 1 atom stereocenters. The Balaban J connectivity index is 1.90. The second-order valence-electron chi connectivity index (χ2n) is 7.18. The molecule has 4 N–H and O–H groups in total. The number of methoxy groups -OCH3 is 2. The second kappa shape index (κ2) is 8.46. The summed E-state index contributed by atoms with van der Waals surface area (Å²) in [6, 6.07) is 13.8. The first-order valence-electron chi connectivity index (χ1n) is 9.88. The summed E-state index contributed by atoms with van der Waals surface area (Å²) in [5.74, 6) is 0.425. The number of rotatable bonds is 6. The number of allylic oxidation sites excluding steroid dienone is 1. The van der Waals surface area contributed by atoms with Crippen LogP contribution in [-0.2, 0) is 4.79 Å². The Bertz CT molecular complexity index is 1220. The van der Waals surface area contributed by atoms with E-state index in [1.165, 1.54) is 13.3 Å². The maximum atomic E-state index is 13.5. The van der Waals surface area contributed by atoms with Gasteiger partial charge in [-0.15, -0.1) is 0 Å². The highest BCUT2D eigenvalue weighted by Gasteiger charge is 2.37. The monoisotopic (exact) mass is 433 g/mol. The molecule has 164 valence electrons. The van der Waals surface area contributed by atoms with E-state index in [-0.39, 0.29) is 11.5 Å². The lowest BCUT2D eigenvalue weighted by molar-refractivity contribution is -0.113. The van der Waals surface area contributed by atoms with E-state index in [0.717, 1.165) is 0 Å². The number of hydrogen-bond acceptors (Lipinski definition) is 6. The predicted molar refractivity (Wildman–Crippen MR) is 120 cm³/mol. The number of nitrogens with two attached hydrogens (primary N) is 1. The van der Waals surface area contributed by atoms with Crippen molar-refractivity contribution in [1.29, 1.82) is 0 Å². The number of anilines is 2. The Morgan fingerprint density at radius 1 is 1.09 bits per heavy atom. The molecule has 0 spiro atoms. The molecule has 9 heteroatoms. The van der Waals surface area contributed by atoms with Crippen LogP contribution in [0.15, 0.2) is 66.0 Å². The number of benzene rings is 2. The molecular weight excluding hydrogens is 410 g/mol. The number of nitrogens with one attached hydrogen (secondary N) is 2. The third-order valence-electron chi connectivity index (χ3n) is 5.29. The van der Waals surface area contributed by atoms with Crippen molar-refractivity contribution < 1.29 is 19.1 Å². The van der Waals surface area contributed by atoms with E-state index in [1.807, 2.05) is 24.3 Å². The number of aromatic nitrogens is 2. The fourth-order valence-corrected chi connectivity index (χ4v) is 3.86. The average Bonchev–Trinajstić information content (AvgIpc) is 3.21. The SMILES string of the molecule is COc1cccc([C@H]2C(C(=O)Nc3ccccc3)=C(C)Nc3c(C(N)=O)cnn32)c1OC. The van der Waals surface area contributed by atoms with Gasteiger partial charge in [-0.2, -0.15) is 5.10 Å². The largest absolute Gasteiger partial charge is 0.493 e. The van der Waals surface area contributed by atoms with Crippen LogP contribution in [0.25, 0.3) is 0 Å². The number of ether oxygens (including phenoxy) is 2. The Hall–Kier alpha value is -4.27. The molecule has 32 heavy (non-hydrogen) atoms. The molecule has 0 aliphatic carbocycles. The highest BCUT2D eigenvalue weighted by Crippen LogP contribution is 2.43. The zero-order chi connectivity index (χ0) is 22.8. The quantitative estimate of drug-likeness (QED) is 0.550. The predicted octanol–water partition coefficient (Wildman–Crippen LogP) is 2.93. The molecule has 1 aromatic heterocycles. The van der Waals surface area contributed by atoms with Crippen LogP contribution < -0.4 is 25.8 Å². The van der Waals surface area contributed by atoms with Gasteiger partial charge in [0.05, 0.1) is 26.0 Å². The molecule has 0 fully saturated rings. The molecule has 2 amide bonds. The Kier molecular flexibility index (Phi) is 5.55. The van der Waals surface area contributed by atoms with Gasteiger partial charge in [0.2, 0.25) is 0 Å². The van der Waals surface area contributed by atoms with E-state index in [2.05, 4.69) is 15.7 Å². The van der Waals surface area contributed by atoms with Gasteiger partial charge in [-0.1, -0.05) is 30.3 Å². The van der Waals surface area contributed by atoms with Crippen molar-refractivity contribution in [3.05, 3.63) is 77.1 Å². The van der Waals surface area contributed by atoms with Crippen molar-refractivity contribution in [1.82, 2.24) is 9.78 Å². The number of amides is 2. The van der Waals surface area contributed by atoms with Crippen molar-refractivity contribution >= 4 is 23.3 Å². The van der Waals surface area contributed by atoms with Crippen LogP contribution in [0, 0.1) is 0 Å². The van der Waals surface area contributed by atoms with E-state index in [4.69, 9.17) is 15.2 Å². The summed E-state index contributed by atoms with van der Waals surface area (Å²) in [4.78, 5) is 25.4. The van der Waals surface area contributed by atoms with Crippen LogP contribution >= 0.6 is 0 Å². The topological polar surface area (TPSA) is 120 Å². The first-order chi connectivity index (χ1) is 15.5. The van der Waals surface area contributed by atoms with Crippen LogP contribution in [0.2, 0.25) is 0 Å². The molecular formula is C23H23N5O4. The summed E-state index contributed by atoms with van der Waals surface area (Å²) in [5, 5.41) is 10.4. The van der Waals surface area contributed by atoms with E-state index in [1.54, 1.807) is 43.0 Å². The van der Waals surface area contributed by atoms with Crippen LogP contribution in [0.1, 0.15) is 28.9 Å². The Labute approximate surface area is 184 Å². The summed E-state index contributed by atoms with van der Waals surface area (Å²) >= 11 is 0. The summed E-state index contributed by atoms with van der Waals surface area (Å²) < 4.78 is 12.7. The van der Waals surface area contributed by atoms with E-state index < -0.39 is 11.9 Å². The molecule has 0 unspecified atom stereocenters. The van der Waals surface area contributed by atoms with Gasteiger partial charge in [-0.25, -0.2) is 4.68 Å². The van der Waals surface area contributed by atoms with Crippen molar-refractivity contribution in [2.24, 2.45) is 5.73 Å². The van der Waals surface area contributed by atoms with Crippen LogP contribution in [0.5, 0.6) is 11.5 Å². The first-order valence-corrected chi connectivity index (χ1v) is 9.88. The van der Waals surface area contributed by atoms with Gasteiger partial charge in [0, 0.05) is 16.9 Å². The van der Waals surface area contributed by atoms with Gasteiger partial charge in [-0.3, -0.25) is 9.59 Å². The van der Waals surface area contributed by atoms with Gasteiger partial charge in [-0.05, 0) is 25.1 Å². The number of nitrogens with zero attached hydrogens (tertiary/aromatic N) is 2. The maximum Gasteiger partial charge on any atom is 0.255 e. The molecule has 4 rings (SSSR count). The molecule has 3 aromatic rings. The zero-order valence-electron chi connectivity index (χ0n) is 17.9. The summed E-state index contributed by atoms with van der Waals surface area (Å²) in [6.45, 7) is 1.76. The number of para-hydroxylation sites is 2. The fraction of sp³-hybridized carbons (Fsp3) is 0.174.